The summed E-state index contributed by atoms with van der Waals surface area (Å²) >= 11 is 1.66. The number of aromatic nitrogens is 1. The lowest BCUT2D eigenvalue weighted by atomic mass is 10.1. The number of carbonyl (C=O) groups excluding carboxylic acids is 1. The maximum absolute atomic E-state index is 12.9. The van der Waals surface area contributed by atoms with Crippen molar-refractivity contribution in [2.45, 2.75) is 17.7 Å². The summed E-state index contributed by atoms with van der Waals surface area (Å²) in [5.74, 6) is -0.323. The highest BCUT2D eigenvalue weighted by Gasteiger charge is 2.23. The molecule has 1 N–H and O–H groups in total. The van der Waals surface area contributed by atoms with Gasteiger partial charge in [-0.15, -0.1) is 11.3 Å². The van der Waals surface area contributed by atoms with Crippen LogP contribution in [0.2, 0.25) is 0 Å². The summed E-state index contributed by atoms with van der Waals surface area (Å²) in [7, 11) is -2.33. The van der Waals surface area contributed by atoms with Crippen LogP contribution in [0.4, 0.5) is 0 Å². The highest BCUT2D eigenvalue weighted by Crippen LogP contribution is 2.23. The van der Waals surface area contributed by atoms with Crippen molar-refractivity contribution >= 4 is 48.3 Å². The molecule has 0 aliphatic heterocycles. The third kappa shape index (κ3) is 4.92. The number of aryl methyl sites for hydroxylation is 1. The summed E-state index contributed by atoms with van der Waals surface area (Å²) in [5, 5.41) is 5.65. The average molecular weight is 454 g/mol. The van der Waals surface area contributed by atoms with Gasteiger partial charge in [-0.05, 0) is 41.5 Å². The zero-order valence-electron chi connectivity index (χ0n) is 17.1. The number of rotatable bonds is 8. The number of para-hydroxylation sites is 1. The zero-order valence-corrected chi connectivity index (χ0v) is 18.7. The monoisotopic (exact) mass is 453 g/mol. The summed E-state index contributed by atoms with van der Waals surface area (Å²) in [5.41, 5.74) is 0.993. The van der Waals surface area contributed by atoms with Gasteiger partial charge in [0.15, 0.2) is 0 Å². The highest BCUT2D eigenvalue weighted by molar-refractivity contribution is 7.89. The second-order valence-electron chi connectivity index (χ2n) is 7.30. The largest absolute Gasteiger partial charge is 0.355 e. The van der Waals surface area contributed by atoms with Gasteiger partial charge in [-0.3, -0.25) is 4.79 Å². The summed E-state index contributed by atoms with van der Waals surface area (Å²) < 4.78 is 27.9. The fourth-order valence-electron chi connectivity index (χ4n) is 3.35. The summed E-state index contributed by atoms with van der Waals surface area (Å²) in [6.45, 7) is 0.245. The number of nitrogens with zero attached hydrogens (tertiary/aromatic N) is 2. The average Bonchev–Trinajstić information content (AvgIpc) is 3.19. The number of nitrogens with one attached hydrogen (secondary N) is 1. The molecule has 0 radical (unpaired) electrons. The Morgan fingerprint density at radius 3 is 2.58 bits per heavy atom. The normalized spacial score (nSPS) is 11.9. The van der Waals surface area contributed by atoms with Gasteiger partial charge in [0.1, 0.15) is 0 Å². The summed E-state index contributed by atoms with van der Waals surface area (Å²) in [6, 6.07) is 20.5. The minimum Gasteiger partial charge on any atom is -0.355 e. The van der Waals surface area contributed by atoms with Crippen molar-refractivity contribution in [2.75, 3.05) is 20.1 Å². The van der Waals surface area contributed by atoms with E-state index in [1.54, 1.807) is 29.5 Å². The number of fused-ring (bicyclic) bond motifs is 2. The van der Waals surface area contributed by atoms with E-state index in [2.05, 4.69) is 10.3 Å². The molecule has 8 heteroatoms. The molecular weight excluding hydrogens is 430 g/mol. The fraction of sp³-hybridized carbons (Fsp3) is 0.217. The Morgan fingerprint density at radius 1 is 1.03 bits per heavy atom. The zero-order chi connectivity index (χ0) is 21.8. The van der Waals surface area contributed by atoms with Gasteiger partial charge in [-0.2, -0.15) is 4.31 Å². The van der Waals surface area contributed by atoms with E-state index in [0.717, 1.165) is 43.1 Å². The van der Waals surface area contributed by atoms with E-state index < -0.39 is 10.0 Å². The molecule has 1 amide bonds. The predicted octanol–water partition coefficient (Wildman–Crippen LogP) is 3.82. The molecule has 0 aliphatic carbocycles. The second kappa shape index (κ2) is 9.13. The van der Waals surface area contributed by atoms with Crippen LogP contribution in [0.15, 0.2) is 71.6 Å². The van der Waals surface area contributed by atoms with Gasteiger partial charge in [0.25, 0.3) is 0 Å². The molecule has 0 saturated carbocycles. The Kier molecular flexibility index (Phi) is 6.31. The molecule has 0 saturated heterocycles. The second-order valence-corrected chi connectivity index (χ2v) is 10.5. The van der Waals surface area contributed by atoms with E-state index in [-0.39, 0.29) is 17.3 Å². The number of benzene rings is 3. The number of carbonyl (C=O) groups is 1. The number of thiazole rings is 1. The molecule has 0 spiro atoms. The molecule has 31 heavy (non-hydrogen) atoms. The topological polar surface area (TPSA) is 79.4 Å². The van der Waals surface area contributed by atoms with Gasteiger partial charge >= 0.3 is 0 Å². The van der Waals surface area contributed by atoms with E-state index in [1.807, 2.05) is 48.5 Å². The van der Waals surface area contributed by atoms with Gasteiger partial charge in [-0.25, -0.2) is 13.4 Å². The molecule has 1 heterocycles. The van der Waals surface area contributed by atoms with Gasteiger partial charge in [0.05, 0.1) is 26.7 Å². The third-order valence-corrected chi connectivity index (χ3v) is 7.92. The molecule has 0 atom stereocenters. The SMILES string of the molecule is CN(CC(=O)NCCCc1nc2ccccc2s1)S(=O)(=O)c1ccc2ccccc2c1. The van der Waals surface area contributed by atoms with Crippen molar-refractivity contribution in [3.63, 3.8) is 0 Å². The quantitative estimate of drug-likeness (QED) is 0.412. The third-order valence-electron chi connectivity index (χ3n) is 5.02. The summed E-state index contributed by atoms with van der Waals surface area (Å²) in [6.07, 6.45) is 1.51. The van der Waals surface area contributed by atoms with Crippen molar-refractivity contribution in [1.82, 2.24) is 14.6 Å². The first-order valence-electron chi connectivity index (χ1n) is 10.00. The van der Waals surface area contributed by atoms with Crippen LogP contribution in [0.25, 0.3) is 21.0 Å². The number of hydrogen-bond donors (Lipinski definition) is 1. The minimum absolute atomic E-state index is 0.178. The van der Waals surface area contributed by atoms with E-state index >= 15 is 0 Å². The maximum Gasteiger partial charge on any atom is 0.243 e. The van der Waals surface area contributed by atoms with Crippen LogP contribution in [0.5, 0.6) is 0 Å². The first kappa shape index (κ1) is 21.4. The lowest BCUT2D eigenvalue weighted by molar-refractivity contribution is -0.121. The van der Waals surface area contributed by atoms with Crippen LogP contribution >= 0.6 is 11.3 Å². The van der Waals surface area contributed by atoms with Crippen molar-refractivity contribution in [2.24, 2.45) is 0 Å². The molecular formula is C23H23N3O3S2. The van der Waals surface area contributed by atoms with Crippen LogP contribution in [0.3, 0.4) is 0 Å². The van der Waals surface area contributed by atoms with Crippen LogP contribution in [-0.4, -0.2) is 43.8 Å². The van der Waals surface area contributed by atoms with Gasteiger partial charge in [-0.1, -0.05) is 42.5 Å². The Labute approximate surface area is 185 Å². The van der Waals surface area contributed by atoms with E-state index in [0.29, 0.717) is 6.54 Å². The number of likely N-dealkylation sites (N-methyl/N-ethyl adjacent to an activating group) is 1. The van der Waals surface area contributed by atoms with E-state index in [9.17, 15) is 13.2 Å². The van der Waals surface area contributed by atoms with Crippen molar-refractivity contribution in [3.8, 4) is 0 Å². The summed E-state index contributed by atoms with van der Waals surface area (Å²) in [4.78, 5) is 17.0. The number of amides is 1. The maximum atomic E-state index is 12.9. The van der Waals surface area contributed by atoms with Crippen LogP contribution < -0.4 is 5.32 Å². The minimum atomic E-state index is -3.75. The molecule has 6 nitrogen and oxygen atoms in total. The number of hydrogen-bond acceptors (Lipinski definition) is 5. The predicted molar refractivity (Wildman–Crippen MR) is 125 cm³/mol. The lowest BCUT2D eigenvalue weighted by Crippen LogP contribution is -2.38. The van der Waals surface area contributed by atoms with Crippen LogP contribution in [0.1, 0.15) is 11.4 Å². The Balaban J connectivity index is 1.29. The molecule has 0 fully saturated rings. The molecule has 160 valence electrons. The van der Waals surface area contributed by atoms with Gasteiger partial charge in [0.2, 0.25) is 15.9 Å². The molecule has 4 rings (SSSR count). The molecule has 4 aromatic rings. The number of sulfonamides is 1. The van der Waals surface area contributed by atoms with Gasteiger partial charge < -0.3 is 5.32 Å². The van der Waals surface area contributed by atoms with Crippen molar-refractivity contribution in [1.29, 1.82) is 0 Å². The van der Waals surface area contributed by atoms with Gasteiger partial charge in [0, 0.05) is 20.0 Å². The molecule has 0 aliphatic rings. The highest BCUT2D eigenvalue weighted by atomic mass is 32.2. The smallest absolute Gasteiger partial charge is 0.243 e. The van der Waals surface area contributed by atoms with Crippen LogP contribution in [0, 0.1) is 0 Å². The Bertz CT molecular complexity index is 1300. The fourth-order valence-corrected chi connectivity index (χ4v) is 5.52. The Morgan fingerprint density at radius 2 is 1.77 bits per heavy atom. The van der Waals surface area contributed by atoms with Crippen molar-refractivity contribution in [3.05, 3.63) is 71.7 Å². The lowest BCUT2D eigenvalue weighted by Gasteiger charge is -2.17. The molecule has 0 unspecified atom stereocenters. The first-order valence-corrected chi connectivity index (χ1v) is 12.3. The standard InChI is InChI=1S/C23H23N3O3S2/c1-26(31(28,29)19-13-12-17-7-2-3-8-18(17)15-19)16-22(27)24-14-6-11-23-25-20-9-4-5-10-21(20)30-23/h2-5,7-10,12-13,15H,6,11,14,16H2,1H3,(H,24,27). The van der Waals surface area contributed by atoms with Crippen LogP contribution in [-0.2, 0) is 21.2 Å². The van der Waals surface area contributed by atoms with E-state index in [1.165, 1.54) is 7.05 Å². The Hall–Kier alpha value is -2.81. The first-order chi connectivity index (χ1) is 14.9. The van der Waals surface area contributed by atoms with Crippen molar-refractivity contribution < 1.29 is 13.2 Å². The van der Waals surface area contributed by atoms with E-state index in [4.69, 9.17) is 0 Å². The molecule has 3 aromatic carbocycles. The molecule has 0 bridgehead atoms. The molecule has 1 aromatic heterocycles.